The highest BCUT2D eigenvalue weighted by Crippen LogP contribution is 2.19. The minimum atomic E-state index is -0.444. The van der Waals surface area contributed by atoms with Crippen LogP contribution in [-0.4, -0.2) is 0 Å². The first-order valence-corrected chi connectivity index (χ1v) is 7.55. The molecule has 0 aliphatic heterocycles. The third kappa shape index (κ3) is 6.68. The topological polar surface area (TPSA) is 35.2 Å². The van der Waals surface area contributed by atoms with Gasteiger partial charge in [0.25, 0.3) is 0 Å². The maximum absolute atomic E-state index is 13.6. The molecule has 0 saturated heterocycles. The van der Waals surface area contributed by atoms with E-state index in [0.717, 1.165) is 5.56 Å². The molecule has 0 amide bonds. The second kappa shape index (κ2) is 11.7. The molecule has 0 fully saturated rings. The lowest BCUT2D eigenvalue weighted by Crippen LogP contribution is -2.00. The standard InChI is InChI=1S/C14H13F2NO.2C2H6/c15-12-4-1-10(2-5-12)9-18-14-6-3-11(8-17)7-13(14)16;2*1-2/h1-7H,8-9,17H2;2*1-2H3. The summed E-state index contributed by atoms with van der Waals surface area (Å²) in [4.78, 5) is 0. The van der Waals surface area contributed by atoms with Crippen LogP contribution in [0.25, 0.3) is 0 Å². The Kier molecular flexibility index (Phi) is 10.7. The van der Waals surface area contributed by atoms with Crippen molar-refractivity contribution in [2.45, 2.75) is 40.8 Å². The van der Waals surface area contributed by atoms with E-state index in [1.807, 2.05) is 27.7 Å². The summed E-state index contributed by atoms with van der Waals surface area (Å²) in [7, 11) is 0. The molecule has 0 atom stereocenters. The molecule has 2 N–H and O–H groups in total. The van der Waals surface area contributed by atoms with Gasteiger partial charge in [-0.3, -0.25) is 0 Å². The van der Waals surface area contributed by atoms with Crippen LogP contribution in [0.5, 0.6) is 5.75 Å². The Bertz CT molecular complexity index is 527. The van der Waals surface area contributed by atoms with Gasteiger partial charge in [0.05, 0.1) is 0 Å². The second-order valence-electron chi connectivity index (χ2n) is 3.88. The zero-order valence-corrected chi connectivity index (χ0v) is 13.7. The summed E-state index contributed by atoms with van der Waals surface area (Å²) >= 11 is 0. The van der Waals surface area contributed by atoms with Gasteiger partial charge in [-0.25, -0.2) is 8.78 Å². The monoisotopic (exact) mass is 309 g/mol. The van der Waals surface area contributed by atoms with Crippen LogP contribution in [0.2, 0.25) is 0 Å². The lowest BCUT2D eigenvalue weighted by Gasteiger charge is -2.08. The average Bonchev–Trinajstić information content (AvgIpc) is 2.59. The first-order chi connectivity index (χ1) is 10.7. The summed E-state index contributed by atoms with van der Waals surface area (Å²) in [6.45, 7) is 8.48. The van der Waals surface area contributed by atoms with E-state index in [-0.39, 0.29) is 24.7 Å². The normalized spacial score (nSPS) is 9.05. The number of nitrogens with two attached hydrogens (primary N) is 1. The Morgan fingerprint density at radius 3 is 1.91 bits per heavy atom. The molecule has 0 aromatic heterocycles. The predicted molar refractivity (Wildman–Crippen MR) is 87.7 cm³/mol. The fourth-order valence-electron chi connectivity index (χ4n) is 1.53. The van der Waals surface area contributed by atoms with Gasteiger partial charge in [0.1, 0.15) is 12.4 Å². The van der Waals surface area contributed by atoms with E-state index < -0.39 is 5.82 Å². The second-order valence-corrected chi connectivity index (χ2v) is 3.88. The van der Waals surface area contributed by atoms with E-state index in [9.17, 15) is 8.78 Å². The molecule has 0 aliphatic rings. The molecule has 0 heterocycles. The number of ether oxygens (including phenoxy) is 1. The van der Waals surface area contributed by atoms with Gasteiger partial charge in [-0.2, -0.15) is 0 Å². The van der Waals surface area contributed by atoms with Crippen LogP contribution >= 0.6 is 0 Å². The maximum Gasteiger partial charge on any atom is 0.165 e. The summed E-state index contributed by atoms with van der Waals surface area (Å²) in [6, 6.07) is 10.5. The smallest absolute Gasteiger partial charge is 0.165 e. The number of rotatable bonds is 4. The summed E-state index contributed by atoms with van der Waals surface area (Å²) in [5.74, 6) is -0.589. The van der Waals surface area contributed by atoms with E-state index in [2.05, 4.69) is 0 Å². The SMILES string of the molecule is CC.CC.NCc1ccc(OCc2ccc(F)cc2)c(F)c1. The first-order valence-electron chi connectivity index (χ1n) is 7.55. The van der Waals surface area contributed by atoms with Gasteiger partial charge in [0.2, 0.25) is 0 Å². The van der Waals surface area contributed by atoms with Crippen LogP contribution in [0.1, 0.15) is 38.8 Å². The van der Waals surface area contributed by atoms with Crippen molar-refractivity contribution in [3.63, 3.8) is 0 Å². The van der Waals surface area contributed by atoms with Crippen LogP contribution in [0.15, 0.2) is 42.5 Å². The van der Waals surface area contributed by atoms with Crippen molar-refractivity contribution in [2.24, 2.45) is 5.73 Å². The Morgan fingerprint density at radius 2 is 1.41 bits per heavy atom. The fourth-order valence-corrected chi connectivity index (χ4v) is 1.53. The Balaban J connectivity index is 0.00000102. The number of hydrogen-bond donors (Lipinski definition) is 1. The van der Waals surface area contributed by atoms with Crippen molar-refractivity contribution < 1.29 is 13.5 Å². The number of hydrogen-bond acceptors (Lipinski definition) is 2. The third-order valence-corrected chi connectivity index (χ3v) is 2.54. The highest BCUT2D eigenvalue weighted by molar-refractivity contribution is 5.29. The largest absolute Gasteiger partial charge is 0.486 e. The average molecular weight is 309 g/mol. The van der Waals surface area contributed by atoms with Crippen LogP contribution in [0, 0.1) is 11.6 Å². The molecule has 2 rings (SSSR count). The van der Waals surface area contributed by atoms with Crippen molar-refractivity contribution >= 4 is 0 Å². The van der Waals surface area contributed by atoms with Crippen molar-refractivity contribution in [1.29, 1.82) is 0 Å². The van der Waals surface area contributed by atoms with Gasteiger partial charge in [0, 0.05) is 6.54 Å². The molecule has 0 bridgehead atoms. The highest BCUT2D eigenvalue weighted by Gasteiger charge is 2.04. The summed E-state index contributed by atoms with van der Waals surface area (Å²) < 4.78 is 31.6. The fraction of sp³-hybridized carbons (Fsp3) is 0.333. The molecule has 0 saturated carbocycles. The molecule has 0 radical (unpaired) electrons. The van der Waals surface area contributed by atoms with E-state index >= 15 is 0 Å². The Morgan fingerprint density at radius 1 is 0.864 bits per heavy atom. The molecule has 0 unspecified atom stereocenters. The van der Waals surface area contributed by atoms with Crippen molar-refractivity contribution in [1.82, 2.24) is 0 Å². The molecular formula is C18H25F2NO. The maximum atomic E-state index is 13.6. The van der Waals surface area contributed by atoms with Crippen molar-refractivity contribution in [3.8, 4) is 5.75 Å². The molecule has 122 valence electrons. The minimum absolute atomic E-state index is 0.163. The lowest BCUT2D eigenvalue weighted by atomic mass is 10.2. The summed E-state index contributed by atoms with van der Waals surface area (Å²) in [5.41, 5.74) is 6.89. The van der Waals surface area contributed by atoms with Gasteiger partial charge in [-0.1, -0.05) is 45.9 Å². The van der Waals surface area contributed by atoms with Crippen LogP contribution in [-0.2, 0) is 13.2 Å². The van der Waals surface area contributed by atoms with Gasteiger partial charge in [-0.05, 0) is 35.4 Å². The van der Waals surface area contributed by atoms with Crippen LogP contribution < -0.4 is 10.5 Å². The zero-order valence-electron chi connectivity index (χ0n) is 13.7. The predicted octanol–water partition coefficient (Wildman–Crippen LogP) is 5.05. The Labute approximate surface area is 131 Å². The Hall–Kier alpha value is -1.94. The van der Waals surface area contributed by atoms with E-state index in [1.54, 1.807) is 24.3 Å². The van der Waals surface area contributed by atoms with E-state index in [1.165, 1.54) is 18.2 Å². The van der Waals surface area contributed by atoms with Crippen LogP contribution in [0.3, 0.4) is 0 Å². The van der Waals surface area contributed by atoms with Gasteiger partial charge in [0.15, 0.2) is 11.6 Å². The minimum Gasteiger partial charge on any atom is -0.486 e. The van der Waals surface area contributed by atoms with Crippen LogP contribution in [0.4, 0.5) is 8.78 Å². The molecule has 2 aromatic rings. The zero-order chi connectivity index (χ0) is 17.0. The quantitative estimate of drug-likeness (QED) is 0.857. The molecular weight excluding hydrogens is 284 g/mol. The van der Waals surface area contributed by atoms with Gasteiger partial charge >= 0.3 is 0 Å². The van der Waals surface area contributed by atoms with Crippen molar-refractivity contribution in [3.05, 3.63) is 65.2 Å². The van der Waals surface area contributed by atoms with E-state index in [0.29, 0.717) is 5.56 Å². The molecule has 2 nitrogen and oxygen atoms in total. The first kappa shape index (κ1) is 20.1. The molecule has 0 aliphatic carbocycles. The molecule has 22 heavy (non-hydrogen) atoms. The highest BCUT2D eigenvalue weighted by atomic mass is 19.1. The van der Waals surface area contributed by atoms with Gasteiger partial charge < -0.3 is 10.5 Å². The van der Waals surface area contributed by atoms with E-state index in [4.69, 9.17) is 10.5 Å². The molecule has 0 spiro atoms. The number of benzene rings is 2. The van der Waals surface area contributed by atoms with Gasteiger partial charge in [-0.15, -0.1) is 0 Å². The summed E-state index contributed by atoms with van der Waals surface area (Å²) in [5, 5.41) is 0. The number of halogens is 2. The molecule has 2 aromatic carbocycles. The van der Waals surface area contributed by atoms with Crippen molar-refractivity contribution in [2.75, 3.05) is 0 Å². The summed E-state index contributed by atoms with van der Waals surface area (Å²) in [6.07, 6.45) is 0. The third-order valence-electron chi connectivity index (χ3n) is 2.54. The molecule has 4 heteroatoms. The lowest BCUT2D eigenvalue weighted by molar-refractivity contribution is 0.290.